The van der Waals surface area contributed by atoms with Crippen molar-refractivity contribution in [1.29, 1.82) is 0 Å². The molecule has 0 aliphatic carbocycles. The molecule has 3 rings (SSSR count). The first-order chi connectivity index (χ1) is 12.5. The van der Waals surface area contributed by atoms with E-state index in [9.17, 15) is 10.1 Å². The Kier molecular flexibility index (Phi) is 5.34. The molecule has 7 heteroatoms. The molecule has 0 fully saturated rings. The summed E-state index contributed by atoms with van der Waals surface area (Å²) in [7, 11) is 0. The second kappa shape index (κ2) is 7.84. The number of nitro groups is 1. The van der Waals surface area contributed by atoms with E-state index < -0.39 is 4.92 Å². The summed E-state index contributed by atoms with van der Waals surface area (Å²) < 4.78 is 5.72. The Morgan fingerprint density at radius 2 is 1.96 bits per heavy atom. The van der Waals surface area contributed by atoms with Crippen LogP contribution in [-0.2, 0) is 6.54 Å². The molecule has 0 atom stereocenters. The summed E-state index contributed by atoms with van der Waals surface area (Å²) >= 11 is 5.84. The molecule has 0 spiro atoms. The van der Waals surface area contributed by atoms with Gasteiger partial charge < -0.3 is 9.84 Å². The minimum absolute atomic E-state index is 0.0295. The Labute approximate surface area is 155 Å². The van der Waals surface area contributed by atoms with Crippen LogP contribution in [0.2, 0.25) is 5.02 Å². The van der Waals surface area contributed by atoms with Gasteiger partial charge in [-0.15, -0.1) is 0 Å². The van der Waals surface area contributed by atoms with Crippen molar-refractivity contribution < 1.29 is 9.34 Å². The van der Waals surface area contributed by atoms with E-state index in [1.165, 1.54) is 12.1 Å². The van der Waals surface area contributed by atoms with Crippen LogP contribution in [0.5, 0.6) is 0 Å². The zero-order valence-corrected chi connectivity index (χ0v) is 14.7. The van der Waals surface area contributed by atoms with Crippen LogP contribution in [-0.4, -0.2) is 11.1 Å². The van der Waals surface area contributed by atoms with Crippen molar-refractivity contribution in [1.82, 2.24) is 5.43 Å². The average Bonchev–Trinajstić information content (AvgIpc) is 3.09. The number of nitrogens with zero attached hydrogens (tertiary/aromatic N) is 2. The number of hydrogen-bond donors (Lipinski definition) is 1. The smallest absolute Gasteiger partial charge is 0.270 e. The van der Waals surface area contributed by atoms with E-state index in [-0.39, 0.29) is 5.69 Å². The molecule has 0 aliphatic heterocycles. The number of rotatable bonds is 6. The molecule has 0 aliphatic rings. The highest BCUT2D eigenvalue weighted by Gasteiger charge is 2.12. The number of furan rings is 1. The van der Waals surface area contributed by atoms with E-state index in [2.05, 4.69) is 10.5 Å². The van der Waals surface area contributed by atoms with E-state index in [0.29, 0.717) is 28.7 Å². The number of hydrogen-bond acceptors (Lipinski definition) is 5. The predicted octanol–water partition coefficient (Wildman–Crippen LogP) is 4.94. The number of halogens is 1. The highest BCUT2D eigenvalue weighted by molar-refractivity contribution is 6.30. The maximum Gasteiger partial charge on any atom is 0.270 e. The van der Waals surface area contributed by atoms with Gasteiger partial charge in [0.25, 0.3) is 5.69 Å². The van der Waals surface area contributed by atoms with Crippen molar-refractivity contribution in [2.24, 2.45) is 5.10 Å². The maximum atomic E-state index is 10.9. The standard InChI is InChI=1S/C19H16ClN3O3/c1-13-2-7-16(23(24)25)10-18(13)19-9-8-17(26-19)12-22-21-11-14-3-5-15(20)6-4-14/h2-10,12,21H,11H2,1H3/b22-12-. The van der Waals surface area contributed by atoms with Crippen LogP contribution in [0.3, 0.4) is 0 Å². The van der Waals surface area contributed by atoms with Crippen LogP contribution < -0.4 is 5.43 Å². The third-order valence-electron chi connectivity index (χ3n) is 3.80. The van der Waals surface area contributed by atoms with Gasteiger partial charge in [0.15, 0.2) is 0 Å². The summed E-state index contributed by atoms with van der Waals surface area (Å²) in [5.41, 5.74) is 5.60. The van der Waals surface area contributed by atoms with Crippen molar-refractivity contribution in [3.8, 4) is 11.3 Å². The molecule has 0 bridgehead atoms. The normalized spacial score (nSPS) is 11.0. The molecule has 0 unspecified atom stereocenters. The van der Waals surface area contributed by atoms with Crippen molar-refractivity contribution in [3.63, 3.8) is 0 Å². The number of nitro benzene ring substituents is 1. The summed E-state index contributed by atoms with van der Waals surface area (Å²) in [6.07, 6.45) is 1.56. The second-order valence-electron chi connectivity index (χ2n) is 5.68. The number of hydrazone groups is 1. The van der Waals surface area contributed by atoms with Gasteiger partial charge in [0.1, 0.15) is 11.5 Å². The van der Waals surface area contributed by atoms with Gasteiger partial charge in [0, 0.05) is 22.7 Å². The van der Waals surface area contributed by atoms with E-state index in [0.717, 1.165) is 11.1 Å². The van der Waals surface area contributed by atoms with E-state index in [1.807, 2.05) is 31.2 Å². The number of benzene rings is 2. The van der Waals surface area contributed by atoms with Gasteiger partial charge in [-0.1, -0.05) is 29.8 Å². The number of non-ortho nitro benzene ring substituents is 1. The second-order valence-corrected chi connectivity index (χ2v) is 6.11. The summed E-state index contributed by atoms with van der Waals surface area (Å²) in [6, 6.07) is 15.7. The Morgan fingerprint density at radius 1 is 1.19 bits per heavy atom. The fourth-order valence-corrected chi connectivity index (χ4v) is 2.53. The summed E-state index contributed by atoms with van der Waals surface area (Å²) in [5, 5.41) is 15.8. The van der Waals surface area contributed by atoms with Crippen LogP contribution >= 0.6 is 11.6 Å². The van der Waals surface area contributed by atoms with Crippen LogP contribution in [0.4, 0.5) is 5.69 Å². The summed E-state index contributed by atoms with van der Waals surface area (Å²) in [4.78, 5) is 10.5. The Hall–Kier alpha value is -3.12. The zero-order valence-electron chi connectivity index (χ0n) is 14.0. The SMILES string of the molecule is Cc1ccc([N+](=O)[O-])cc1-c1ccc(/C=N\NCc2ccc(Cl)cc2)o1. The molecule has 0 radical (unpaired) electrons. The molecule has 0 saturated heterocycles. The first-order valence-corrected chi connectivity index (χ1v) is 8.26. The molecule has 1 aromatic heterocycles. The first-order valence-electron chi connectivity index (χ1n) is 7.88. The molecule has 1 N–H and O–H groups in total. The molecular weight excluding hydrogens is 354 g/mol. The Bertz CT molecular complexity index is 949. The third-order valence-corrected chi connectivity index (χ3v) is 4.06. The molecule has 6 nitrogen and oxygen atoms in total. The summed E-state index contributed by atoms with van der Waals surface area (Å²) in [6.45, 7) is 2.44. The van der Waals surface area contributed by atoms with Crippen molar-refractivity contribution in [2.75, 3.05) is 0 Å². The molecule has 132 valence electrons. The Morgan fingerprint density at radius 3 is 2.69 bits per heavy atom. The highest BCUT2D eigenvalue weighted by Crippen LogP contribution is 2.28. The fraction of sp³-hybridized carbons (Fsp3) is 0.105. The predicted molar refractivity (Wildman–Crippen MR) is 101 cm³/mol. The maximum absolute atomic E-state index is 10.9. The number of aryl methyl sites for hydroxylation is 1. The minimum Gasteiger partial charge on any atom is -0.455 e. The first kappa shape index (κ1) is 17.7. The van der Waals surface area contributed by atoms with E-state index >= 15 is 0 Å². The van der Waals surface area contributed by atoms with Gasteiger partial charge in [-0.05, 0) is 42.3 Å². The zero-order chi connectivity index (χ0) is 18.5. The van der Waals surface area contributed by atoms with E-state index in [4.69, 9.17) is 16.0 Å². The molecule has 26 heavy (non-hydrogen) atoms. The molecular formula is C19H16ClN3O3. The van der Waals surface area contributed by atoms with Crippen LogP contribution in [0.25, 0.3) is 11.3 Å². The van der Waals surface area contributed by atoms with Gasteiger partial charge in [-0.3, -0.25) is 10.1 Å². The van der Waals surface area contributed by atoms with Gasteiger partial charge in [0.05, 0.1) is 17.7 Å². The van der Waals surface area contributed by atoms with Gasteiger partial charge >= 0.3 is 0 Å². The van der Waals surface area contributed by atoms with Crippen LogP contribution in [0, 0.1) is 17.0 Å². The quantitative estimate of drug-likeness (QED) is 0.379. The van der Waals surface area contributed by atoms with Crippen LogP contribution in [0.15, 0.2) is 64.1 Å². The average molecular weight is 370 g/mol. The third kappa shape index (κ3) is 4.29. The number of nitrogens with one attached hydrogen (secondary N) is 1. The topological polar surface area (TPSA) is 80.7 Å². The lowest BCUT2D eigenvalue weighted by molar-refractivity contribution is -0.384. The van der Waals surface area contributed by atoms with Gasteiger partial charge in [0.2, 0.25) is 0 Å². The Balaban J connectivity index is 1.67. The van der Waals surface area contributed by atoms with Gasteiger partial charge in [-0.2, -0.15) is 5.10 Å². The van der Waals surface area contributed by atoms with Crippen molar-refractivity contribution >= 4 is 23.5 Å². The molecule has 1 heterocycles. The lowest BCUT2D eigenvalue weighted by Crippen LogP contribution is -2.05. The van der Waals surface area contributed by atoms with E-state index in [1.54, 1.807) is 24.4 Å². The fourth-order valence-electron chi connectivity index (χ4n) is 2.40. The largest absolute Gasteiger partial charge is 0.455 e. The summed E-state index contributed by atoms with van der Waals surface area (Å²) in [5.74, 6) is 1.11. The monoisotopic (exact) mass is 369 g/mol. The molecule has 3 aromatic rings. The molecule has 2 aromatic carbocycles. The molecule has 0 amide bonds. The lowest BCUT2D eigenvalue weighted by atomic mass is 10.1. The van der Waals surface area contributed by atoms with Crippen molar-refractivity contribution in [2.45, 2.75) is 13.5 Å². The molecule has 0 saturated carbocycles. The minimum atomic E-state index is -0.422. The van der Waals surface area contributed by atoms with Gasteiger partial charge in [-0.25, -0.2) is 0 Å². The highest BCUT2D eigenvalue weighted by atomic mass is 35.5. The lowest BCUT2D eigenvalue weighted by Gasteiger charge is -2.02. The van der Waals surface area contributed by atoms with Crippen molar-refractivity contribution in [3.05, 3.63) is 86.6 Å². The van der Waals surface area contributed by atoms with Crippen LogP contribution in [0.1, 0.15) is 16.9 Å².